The van der Waals surface area contributed by atoms with Crippen molar-refractivity contribution in [3.05, 3.63) is 101 Å². The molecule has 0 aliphatic carbocycles. The molecule has 0 aromatic heterocycles. The largest absolute Gasteiger partial charge is 0.481 e. The van der Waals surface area contributed by atoms with Gasteiger partial charge in [0.1, 0.15) is 5.75 Å². The number of amides is 2. The molecule has 2 amide bonds. The molecule has 2 atom stereocenters. The first-order chi connectivity index (χ1) is 16.5. The number of carbonyl (C=O) groups is 2. The predicted molar refractivity (Wildman–Crippen MR) is 133 cm³/mol. The molecular weight excluding hydrogens is 424 g/mol. The van der Waals surface area contributed by atoms with Gasteiger partial charge in [0, 0.05) is 27.1 Å². The molecule has 34 heavy (non-hydrogen) atoms. The minimum absolute atomic E-state index is 0.0472. The Morgan fingerprint density at radius 1 is 1.03 bits per heavy atom. The average Bonchev–Trinajstić information content (AvgIpc) is 2.87. The molecule has 2 unspecified atom stereocenters. The van der Waals surface area contributed by atoms with E-state index >= 15 is 0 Å². The number of fused-ring (bicyclic) bond motifs is 1. The van der Waals surface area contributed by atoms with E-state index in [-0.39, 0.29) is 17.9 Å². The molecule has 3 aromatic rings. The van der Waals surface area contributed by atoms with Crippen LogP contribution in [-0.2, 0) is 22.6 Å². The van der Waals surface area contributed by atoms with Gasteiger partial charge in [-0.15, -0.1) is 0 Å². The lowest BCUT2D eigenvalue weighted by atomic mass is 9.88. The van der Waals surface area contributed by atoms with Crippen molar-refractivity contribution in [2.75, 3.05) is 13.6 Å². The molecule has 0 fully saturated rings. The van der Waals surface area contributed by atoms with Gasteiger partial charge in [0.15, 0.2) is 6.10 Å². The number of ether oxygens (including phenoxy) is 1. The van der Waals surface area contributed by atoms with Gasteiger partial charge in [-0.25, -0.2) is 0 Å². The van der Waals surface area contributed by atoms with Crippen molar-refractivity contribution in [1.82, 2.24) is 9.80 Å². The standard InChI is InChI=1S/C29H32N2O3/c1-4-27(29(33)30(3)20-22-11-7-5-8-12-22)34-25-16-15-23-17-18-31(21(2)32)28(26(23)19-25)24-13-9-6-10-14-24/h5-16,19,27-28H,4,17-18,20H2,1-3H3. The third-order valence-electron chi connectivity index (χ3n) is 6.43. The van der Waals surface area contributed by atoms with Crippen LogP contribution in [0.4, 0.5) is 0 Å². The van der Waals surface area contributed by atoms with Crippen LogP contribution in [0, 0.1) is 0 Å². The zero-order chi connectivity index (χ0) is 24.1. The number of hydrogen-bond donors (Lipinski definition) is 0. The van der Waals surface area contributed by atoms with Gasteiger partial charge in [-0.2, -0.15) is 0 Å². The molecule has 1 aliphatic heterocycles. The van der Waals surface area contributed by atoms with E-state index < -0.39 is 6.10 Å². The van der Waals surface area contributed by atoms with Crippen LogP contribution in [0.15, 0.2) is 78.9 Å². The molecule has 3 aromatic carbocycles. The number of likely N-dealkylation sites (N-methyl/N-ethyl adjacent to an activating group) is 1. The van der Waals surface area contributed by atoms with E-state index in [0.29, 0.717) is 25.3 Å². The summed E-state index contributed by atoms with van der Waals surface area (Å²) in [6.07, 6.45) is 0.792. The third kappa shape index (κ3) is 5.14. The Balaban J connectivity index is 1.58. The van der Waals surface area contributed by atoms with Crippen LogP contribution in [0.25, 0.3) is 0 Å². The highest BCUT2D eigenvalue weighted by Gasteiger charge is 2.31. The summed E-state index contributed by atoms with van der Waals surface area (Å²) in [4.78, 5) is 29.2. The Morgan fingerprint density at radius 3 is 2.35 bits per heavy atom. The van der Waals surface area contributed by atoms with E-state index in [0.717, 1.165) is 23.1 Å². The number of carbonyl (C=O) groups excluding carboxylic acids is 2. The van der Waals surface area contributed by atoms with Gasteiger partial charge in [0.2, 0.25) is 5.91 Å². The molecule has 5 nitrogen and oxygen atoms in total. The van der Waals surface area contributed by atoms with E-state index in [1.54, 1.807) is 11.8 Å². The summed E-state index contributed by atoms with van der Waals surface area (Å²) >= 11 is 0. The maximum absolute atomic E-state index is 13.1. The fraction of sp³-hybridized carbons (Fsp3) is 0.310. The maximum atomic E-state index is 13.1. The summed E-state index contributed by atoms with van der Waals surface area (Å²) in [6, 6.07) is 25.9. The molecule has 1 heterocycles. The second kappa shape index (κ2) is 10.6. The Morgan fingerprint density at radius 2 is 1.71 bits per heavy atom. The van der Waals surface area contributed by atoms with Gasteiger partial charge < -0.3 is 14.5 Å². The SMILES string of the molecule is CCC(Oc1ccc2c(c1)C(c1ccccc1)N(C(C)=O)CC2)C(=O)N(C)Cc1ccccc1. The lowest BCUT2D eigenvalue weighted by molar-refractivity contribution is -0.138. The zero-order valence-corrected chi connectivity index (χ0v) is 20.1. The number of rotatable bonds is 7. The predicted octanol–water partition coefficient (Wildman–Crippen LogP) is 5.00. The van der Waals surface area contributed by atoms with Crippen molar-refractivity contribution in [2.24, 2.45) is 0 Å². The quantitative estimate of drug-likeness (QED) is 0.503. The average molecular weight is 457 g/mol. The highest BCUT2D eigenvalue weighted by Crippen LogP contribution is 2.37. The summed E-state index contributed by atoms with van der Waals surface area (Å²) in [5.41, 5.74) is 4.42. The van der Waals surface area contributed by atoms with Crippen molar-refractivity contribution < 1.29 is 14.3 Å². The van der Waals surface area contributed by atoms with Crippen LogP contribution in [0.1, 0.15) is 48.6 Å². The number of benzene rings is 3. The van der Waals surface area contributed by atoms with E-state index in [1.165, 1.54) is 5.56 Å². The molecule has 5 heteroatoms. The molecule has 176 valence electrons. The smallest absolute Gasteiger partial charge is 0.263 e. The maximum Gasteiger partial charge on any atom is 0.263 e. The van der Waals surface area contributed by atoms with Gasteiger partial charge >= 0.3 is 0 Å². The molecule has 0 spiro atoms. The highest BCUT2D eigenvalue weighted by molar-refractivity contribution is 5.81. The van der Waals surface area contributed by atoms with E-state index in [9.17, 15) is 9.59 Å². The van der Waals surface area contributed by atoms with Crippen LogP contribution in [0.2, 0.25) is 0 Å². The van der Waals surface area contributed by atoms with E-state index in [1.807, 2.05) is 79.5 Å². The minimum Gasteiger partial charge on any atom is -0.481 e. The molecule has 4 rings (SSSR count). The highest BCUT2D eigenvalue weighted by atomic mass is 16.5. The molecule has 0 saturated carbocycles. The Bertz CT molecular complexity index is 1130. The van der Waals surface area contributed by atoms with E-state index in [2.05, 4.69) is 18.2 Å². The molecule has 1 aliphatic rings. The van der Waals surface area contributed by atoms with Crippen LogP contribution in [0.5, 0.6) is 5.75 Å². The summed E-state index contributed by atoms with van der Waals surface area (Å²) < 4.78 is 6.24. The Kier molecular flexibility index (Phi) is 7.31. The fourth-order valence-electron chi connectivity index (χ4n) is 4.65. The van der Waals surface area contributed by atoms with Gasteiger partial charge in [0.05, 0.1) is 6.04 Å². The first-order valence-electron chi connectivity index (χ1n) is 11.9. The van der Waals surface area contributed by atoms with E-state index in [4.69, 9.17) is 4.74 Å². The van der Waals surface area contributed by atoms with Crippen LogP contribution in [0.3, 0.4) is 0 Å². The third-order valence-corrected chi connectivity index (χ3v) is 6.43. The lowest BCUT2D eigenvalue weighted by Gasteiger charge is -2.37. The normalized spacial score (nSPS) is 15.9. The number of nitrogens with zero attached hydrogens (tertiary/aromatic N) is 2. The summed E-state index contributed by atoms with van der Waals surface area (Å²) in [7, 11) is 1.81. The molecule has 0 N–H and O–H groups in total. The van der Waals surface area contributed by atoms with Gasteiger partial charge in [-0.05, 0) is 47.2 Å². The first-order valence-corrected chi connectivity index (χ1v) is 11.9. The van der Waals surface area contributed by atoms with Crippen molar-refractivity contribution >= 4 is 11.8 Å². The van der Waals surface area contributed by atoms with Gasteiger partial charge in [-0.1, -0.05) is 73.7 Å². The van der Waals surface area contributed by atoms with Crippen molar-refractivity contribution in [3.8, 4) is 5.75 Å². The second-order valence-corrected chi connectivity index (χ2v) is 8.83. The monoisotopic (exact) mass is 456 g/mol. The Hall–Kier alpha value is -3.60. The topological polar surface area (TPSA) is 49.9 Å². The molecular formula is C29H32N2O3. The van der Waals surface area contributed by atoms with Crippen LogP contribution >= 0.6 is 0 Å². The van der Waals surface area contributed by atoms with Crippen molar-refractivity contribution in [1.29, 1.82) is 0 Å². The van der Waals surface area contributed by atoms with Crippen LogP contribution in [-0.4, -0.2) is 41.3 Å². The van der Waals surface area contributed by atoms with Crippen LogP contribution < -0.4 is 4.74 Å². The fourth-order valence-corrected chi connectivity index (χ4v) is 4.65. The summed E-state index contributed by atoms with van der Waals surface area (Å²) in [5.74, 6) is 0.655. The second-order valence-electron chi connectivity index (χ2n) is 8.83. The molecule has 0 radical (unpaired) electrons. The summed E-state index contributed by atoms with van der Waals surface area (Å²) in [6.45, 7) is 4.80. The van der Waals surface area contributed by atoms with Crippen molar-refractivity contribution in [3.63, 3.8) is 0 Å². The number of hydrogen-bond acceptors (Lipinski definition) is 3. The Labute approximate surface area is 202 Å². The van der Waals surface area contributed by atoms with Gasteiger partial charge in [-0.3, -0.25) is 9.59 Å². The van der Waals surface area contributed by atoms with Crippen molar-refractivity contribution in [2.45, 2.75) is 45.4 Å². The summed E-state index contributed by atoms with van der Waals surface area (Å²) in [5, 5.41) is 0. The lowest BCUT2D eigenvalue weighted by Crippen LogP contribution is -2.40. The minimum atomic E-state index is -0.575. The van der Waals surface area contributed by atoms with Gasteiger partial charge in [0.25, 0.3) is 5.91 Å². The first kappa shape index (κ1) is 23.6. The zero-order valence-electron chi connectivity index (χ0n) is 20.1. The molecule has 0 bridgehead atoms. The molecule has 0 saturated heterocycles.